The molecule has 5 heteroatoms. The molecular weight excluding hydrogens is 378 g/mol. The summed E-state index contributed by atoms with van der Waals surface area (Å²) in [7, 11) is 0. The zero-order valence-electron chi connectivity index (χ0n) is 13.8. The van der Waals surface area contributed by atoms with E-state index >= 15 is 0 Å². The van der Waals surface area contributed by atoms with Gasteiger partial charge in [0.1, 0.15) is 5.69 Å². The van der Waals surface area contributed by atoms with Crippen molar-refractivity contribution in [2.75, 3.05) is 5.32 Å². The molecule has 0 saturated carbocycles. The third kappa shape index (κ3) is 4.45. The molecule has 0 fully saturated rings. The SMILES string of the molecule is Cc1ccccc1CNC(=O)c1ccc(Nc2ccccc2Br)cn1. The van der Waals surface area contributed by atoms with Crippen LogP contribution in [0, 0.1) is 6.92 Å². The number of rotatable bonds is 5. The number of nitrogens with one attached hydrogen (secondary N) is 2. The molecule has 0 bridgehead atoms. The molecule has 3 aromatic rings. The fraction of sp³-hybridized carbons (Fsp3) is 0.100. The number of aromatic nitrogens is 1. The molecule has 0 aliphatic heterocycles. The van der Waals surface area contributed by atoms with Crippen LogP contribution in [0.5, 0.6) is 0 Å². The molecule has 3 rings (SSSR count). The highest BCUT2D eigenvalue weighted by atomic mass is 79.9. The fourth-order valence-electron chi connectivity index (χ4n) is 2.39. The van der Waals surface area contributed by atoms with Crippen molar-refractivity contribution in [2.24, 2.45) is 0 Å². The van der Waals surface area contributed by atoms with Gasteiger partial charge in [0, 0.05) is 11.0 Å². The summed E-state index contributed by atoms with van der Waals surface area (Å²) < 4.78 is 0.968. The van der Waals surface area contributed by atoms with E-state index in [2.05, 4.69) is 31.5 Å². The van der Waals surface area contributed by atoms with Crippen molar-refractivity contribution in [3.8, 4) is 0 Å². The average molecular weight is 396 g/mol. The molecule has 25 heavy (non-hydrogen) atoms. The molecule has 2 N–H and O–H groups in total. The zero-order valence-corrected chi connectivity index (χ0v) is 15.4. The largest absolute Gasteiger partial charge is 0.353 e. The van der Waals surface area contributed by atoms with Gasteiger partial charge in [-0.3, -0.25) is 4.79 Å². The Hall–Kier alpha value is -2.66. The Morgan fingerprint density at radius 1 is 1.04 bits per heavy atom. The molecular formula is C20H18BrN3O. The normalized spacial score (nSPS) is 10.3. The second-order valence-corrected chi connectivity index (χ2v) is 6.50. The van der Waals surface area contributed by atoms with E-state index in [-0.39, 0.29) is 5.91 Å². The van der Waals surface area contributed by atoms with Crippen LogP contribution in [0.2, 0.25) is 0 Å². The van der Waals surface area contributed by atoms with Crippen molar-refractivity contribution in [3.05, 3.63) is 88.2 Å². The van der Waals surface area contributed by atoms with Crippen molar-refractivity contribution in [1.29, 1.82) is 0 Å². The molecule has 1 amide bonds. The van der Waals surface area contributed by atoms with Gasteiger partial charge in [0.15, 0.2) is 0 Å². The van der Waals surface area contributed by atoms with Crippen LogP contribution in [0.25, 0.3) is 0 Å². The smallest absolute Gasteiger partial charge is 0.270 e. The average Bonchev–Trinajstić information content (AvgIpc) is 2.63. The standard InChI is InChI=1S/C20H18BrN3O/c1-14-6-2-3-7-15(14)12-23-20(25)19-11-10-16(13-22-19)24-18-9-5-4-8-17(18)21/h2-11,13,24H,12H2,1H3,(H,23,25). The number of anilines is 2. The number of pyridine rings is 1. The van der Waals surface area contributed by atoms with Crippen molar-refractivity contribution < 1.29 is 4.79 Å². The summed E-state index contributed by atoms with van der Waals surface area (Å²) in [5.41, 5.74) is 4.42. The summed E-state index contributed by atoms with van der Waals surface area (Å²) in [6.45, 7) is 2.52. The predicted molar refractivity (Wildman–Crippen MR) is 104 cm³/mol. The van der Waals surface area contributed by atoms with Crippen molar-refractivity contribution in [3.63, 3.8) is 0 Å². The number of carbonyl (C=O) groups excluding carboxylic acids is 1. The second kappa shape index (κ2) is 7.94. The molecule has 1 aromatic heterocycles. The van der Waals surface area contributed by atoms with E-state index in [0.29, 0.717) is 12.2 Å². The van der Waals surface area contributed by atoms with Crippen molar-refractivity contribution in [2.45, 2.75) is 13.5 Å². The summed E-state index contributed by atoms with van der Waals surface area (Å²) in [6.07, 6.45) is 1.65. The monoisotopic (exact) mass is 395 g/mol. The summed E-state index contributed by atoms with van der Waals surface area (Å²) in [5, 5.41) is 6.17. The van der Waals surface area contributed by atoms with Gasteiger partial charge in [0.25, 0.3) is 5.91 Å². The molecule has 0 aliphatic rings. The van der Waals surface area contributed by atoms with E-state index in [1.807, 2.05) is 61.5 Å². The molecule has 0 unspecified atom stereocenters. The fourth-order valence-corrected chi connectivity index (χ4v) is 2.78. The van der Waals surface area contributed by atoms with Crippen molar-refractivity contribution in [1.82, 2.24) is 10.3 Å². The van der Waals surface area contributed by atoms with Gasteiger partial charge in [-0.1, -0.05) is 36.4 Å². The van der Waals surface area contributed by atoms with E-state index in [4.69, 9.17) is 0 Å². The van der Waals surface area contributed by atoms with Gasteiger partial charge < -0.3 is 10.6 Å². The Bertz CT molecular complexity index is 878. The minimum Gasteiger partial charge on any atom is -0.353 e. The van der Waals surface area contributed by atoms with Gasteiger partial charge in [-0.05, 0) is 58.2 Å². The van der Waals surface area contributed by atoms with Crippen LogP contribution in [0.1, 0.15) is 21.6 Å². The molecule has 126 valence electrons. The lowest BCUT2D eigenvalue weighted by atomic mass is 10.1. The van der Waals surface area contributed by atoms with Gasteiger partial charge in [0.2, 0.25) is 0 Å². The van der Waals surface area contributed by atoms with Gasteiger partial charge in [0.05, 0.1) is 17.6 Å². The summed E-state index contributed by atoms with van der Waals surface area (Å²) >= 11 is 3.49. The molecule has 0 spiro atoms. The maximum Gasteiger partial charge on any atom is 0.270 e. The number of hydrogen-bond acceptors (Lipinski definition) is 3. The molecule has 0 atom stereocenters. The summed E-state index contributed by atoms with van der Waals surface area (Å²) in [4.78, 5) is 16.5. The lowest BCUT2D eigenvalue weighted by Gasteiger charge is -2.10. The molecule has 0 saturated heterocycles. The Labute approximate surface area is 155 Å². The van der Waals surface area contributed by atoms with Crippen molar-refractivity contribution >= 4 is 33.2 Å². The number of amides is 1. The molecule has 4 nitrogen and oxygen atoms in total. The highest BCUT2D eigenvalue weighted by Crippen LogP contribution is 2.24. The number of benzene rings is 2. The number of para-hydroxylation sites is 1. The first-order valence-electron chi connectivity index (χ1n) is 7.94. The molecule has 0 radical (unpaired) electrons. The van der Waals surface area contributed by atoms with Gasteiger partial charge in [-0.2, -0.15) is 0 Å². The van der Waals surface area contributed by atoms with Crippen LogP contribution >= 0.6 is 15.9 Å². The first kappa shape index (κ1) is 17.2. The number of carbonyl (C=O) groups is 1. The molecule has 0 aliphatic carbocycles. The van der Waals surface area contributed by atoms with Crippen LogP contribution in [-0.2, 0) is 6.54 Å². The Morgan fingerprint density at radius 2 is 1.80 bits per heavy atom. The lowest BCUT2D eigenvalue weighted by Crippen LogP contribution is -2.24. The minimum atomic E-state index is -0.185. The third-order valence-corrected chi connectivity index (χ3v) is 4.54. The predicted octanol–water partition coefficient (Wildman–Crippen LogP) is 4.83. The van der Waals surface area contributed by atoms with E-state index < -0.39 is 0 Å². The Morgan fingerprint density at radius 3 is 2.52 bits per heavy atom. The minimum absolute atomic E-state index is 0.185. The lowest BCUT2D eigenvalue weighted by molar-refractivity contribution is 0.0946. The maximum atomic E-state index is 12.3. The maximum absolute atomic E-state index is 12.3. The van der Waals surface area contributed by atoms with E-state index in [1.54, 1.807) is 12.3 Å². The number of halogens is 1. The number of nitrogens with zero attached hydrogens (tertiary/aromatic N) is 1. The van der Waals surface area contributed by atoms with Crippen LogP contribution in [0.15, 0.2) is 71.3 Å². The summed E-state index contributed by atoms with van der Waals surface area (Å²) in [6, 6.07) is 19.4. The van der Waals surface area contributed by atoms with Crippen LogP contribution in [0.3, 0.4) is 0 Å². The first-order valence-corrected chi connectivity index (χ1v) is 8.73. The third-order valence-electron chi connectivity index (χ3n) is 3.85. The molecule has 1 heterocycles. The number of aryl methyl sites for hydroxylation is 1. The van der Waals surface area contributed by atoms with Gasteiger partial charge >= 0.3 is 0 Å². The zero-order chi connectivity index (χ0) is 17.6. The van der Waals surface area contributed by atoms with Crippen LogP contribution in [0.4, 0.5) is 11.4 Å². The summed E-state index contributed by atoms with van der Waals surface area (Å²) in [5.74, 6) is -0.185. The second-order valence-electron chi connectivity index (χ2n) is 5.65. The molecule has 2 aromatic carbocycles. The van der Waals surface area contributed by atoms with E-state index in [0.717, 1.165) is 27.0 Å². The Balaban J connectivity index is 1.63. The van der Waals surface area contributed by atoms with Crippen LogP contribution < -0.4 is 10.6 Å². The highest BCUT2D eigenvalue weighted by Gasteiger charge is 2.08. The van der Waals surface area contributed by atoms with Crippen LogP contribution in [-0.4, -0.2) is 10.9 Å². The van der Waals surface area contributed by atoms with E-state index in [9.17, 15) is 4.79 Å². The first-order chi connectivity index (χ1) is 12.1. The topological polar surface area (TPSA) is 54.0 Å². The van der Waals surface area contributed by atoms with E-state index in [1.165, 1.54) is 0 Å². The number of hydrogen-bond donors (Lipinski definition) is 2. The highest BCUT2D eigenvalue weighted by molar-refractivity contribution is 9.10. The van der Waals surface area contributed by atoms with Gasteiger partial charge in [-0.15, -0.1) is 0 Å². The quantitative estimate of drug-likeness (QED) is 0.650. The van der Waals surface area contributed by atoms with Gasteiger partial charge in [-0.25, -0.2) is 4.98 Å². The Kier molecular flexibility index (Phi) is 5.46.